The van der Waals surface area contributed by atoms with Gasteiger partial charge in [-0.1, -0.05) is 44.2 Å². The van der Waals surface area contributed by atoms with E-state index >= 15 is 0 Å². The molecule has 26 heavy (non-hydrogen) atoms. The first-order valence-electron chi connectivity index (χ1n) is 8.75. The van der Waals surface area contributed by atoms with Gasteiger partial charge in [-0.3, -0.25) is 4.79 Å². The molecule has 1 aliphatic heterocycles. The van der Waals surface area contributed by atoms with Crippen LogP contribution in [0.2, 0.25) is 0 Å². The SMILES string of the molecule is CC(C)C(NC(=O)C1CCCN(S(=O)(=O)Cc2ccccc2)C1)C(=O)O. The first-order chi connectivity index (χ1) is 12.2. The van der Waals surface area contributed by atoms with E-state index < -0.39 is 33.9 Å². The molecule has 0 spiro atoms. The highest BCUT2D eigenvalue weighted by Gasteiger charge is 2.34. The molecule has 0 bridgehead atoms. The first-order valence-corrected chi connectivity index (χ1v) is 10.4. The first kappa shape index (κ1) is 20.4. The average molecular weight is 382 g/mol. The van der Waals surface area contributed by atoms with Crippen molar-refractivity contribution in [3.05, 3.63) is 35.9 Å². The van der Waals surface area contributed by atoms with Crippen LogP contribution in [0.3, 0.4) is 0 Å². The Morgan fingerprint density at radius 2 is 1.92 bits per heavy atom. The van der Waals surface area contributed by atoms with E-state index in [1.807, 2.05) is 6.07 Å². The number of carboxylic acids is 1. The van der Waals surface area contributed by atoms with Gasteiger partial charge in [-0.05, 0) is 24.3 Å². The van der Waals surface area contributed by atoms with Gasteiger partial charge in [0.25, 0.3) is 0 Å². The van der Waals surface area contributed by atoms with E-state index in [1.54, 1.807) is 38.1 Å². The van der Waals surface area contributed by atoms with E-state index in [2.05, 4.69) is 5.32 Å². The van der Waals surface area contributed by atoms with Crippen LogP contribution in [-0.4, -0.2) is 48.8 Å². The van der Waals surface area contributed by atoms with E-state index in [-0.39, 0.29) is 18.2 Å². The Labute approximate surface area is 154 Å². The molecule has 1 heterocycles. The maximum Gasteiger partial charge on any atom is 0.326 e. The molecule has 0 radical (unpaired) electrons. The van der Waals surface area contributed by atoms with Crippen LogP contribution >= 0.6 is 0 Å². The van der Waals surface area contributed by atoms with E-state index in [0.29, 0.717) is 24.9 Å². The maximum atomic E-state index is 12.7. The molecule has 0 aromatic heterocycles. The summed E-state index contributed by atoms with van der Waals surface area (Å²) in [4.78, 5) is 23.7. The van der Waals surface area contributed by atoms with Gasteiger partial charge in [-0.2, -0.15) is 0 Å². The van der Waals surface area contributed by atoms with E-state index in [4.69, 9.17) is 0 Å². The second kappa shape index (κ2) is 8.64. The molecule has 2 N–H and O–H groups in total. The van der Waals surface area contributed by atoms with Crippen LogP contribution in [0.25, 0.3) is 0 Å². The average Bonchev–Trinajstić information content (AvgIpc) is 2.59. The van der Waals surface area contributed by atoms with Crippen LogP contribution < -0.4 is 5.32 Å². The number of carboxylic acid groups (broad SMARTS) is 1. The largest absolute Gasteiger partial charge is 0.480 e. The lowest BCUT2D eigenvalue weighted by molar-refractivity contribution is -0.144. The Morgan fingerprint density at radius 1 is 1.27 bits per heavy atom. The smallest absolute Gasteiger partial charge is 0.326 e. The molecular weight excluding hydrogens is 356 g/mol. The number of rotatable bonds is 7. The molecule has 8 heteroatoms. The van der Waals surface area contributed by atoms with Crippen LogP contribution in [0.15, 0.2) is 30.3 Å². The number of piperidine rings is 1. The summed E-state index contributed by atoms with van der Waals surface area (Å²) >= 11 is 0. The number of nitrogens with zero attached hydrogens (tertiary/aromatic N) is 1. The summed E-state index contributed by atoms with van der Waals surface area (Å²) in [5.41, 5.74) is 0.699. The third-order valence-electron chi connectivity index (χ3n) is 4.57. The van der Waals surface area contributed by atoms with E-state index in [1.165, 1.54) is 4.31 Å². The normalized spacial score (nSPS) is 19.9. The Kier molecular flexibility index (Phi) is 6.77. The second-order valence-electron chi connectivity index (χ2n) is 7.01. The van der Waals surface area contributed by atoms with E-state index in [0.717, 1.165) is 0 Å². The number of aliphatic carboxylic acids is 1. The van der Waals surface area contributed by atoms with Crippen LogP contribution in [0.5, 0.6) is 0 Å². The monoisotopic (exact) mass is 382 g/mol. The van der Waals surface area contributed by atoms with Gasteiger partial charge in [0.05, 0.1) is 11.7 Å². The van der Waals surface area contributed by atoms with Crippen LogP contribution in [-0.2, 0) is 25.4 Å². The number of hydrogen-bond acceptors (Lipinski definition) is 4. The molecular formula is C18H26N2O5S. The Morgan fingerprint density at radius 3 is 2.50 bits per heavy atom. The molecule has 1 amide bonds. The van der Waals surface area contributed by atoms with Gasteiger partial charge in [0, 0.05) is 13.1 Å². The predicted octanol–water partition coefficient (Wildman–Crippen LogP) is 1.45. The van der Waals surface area contributed by atoms with Crippen molar-refractivity contribution in [2.24, 2.45) is 11.8 Å². The van der Waals surface area contributed by atoms with Crippen molar-refractivity contribution >= 4 is 21.9 Å². The van der Waals surface area contributed by atoms with Crippen molar-refractivity contribution in [2.75, 3.05) is 13.1 Å². The van der Waals surface area contributed by atoms with Gasteiger partial charge in [-0.15, -0.1) is 0 Å². The summed E-state index contributed by atoms with van der Waals surface area (Å²) in [6.07, 6.45) is 1.12. The van der Waals surface area contributed by atoms with Crippen molar-refractivity contribution in [1.29, 1.82) is 0 Å². The minimum absolute atomic E-state index is 0.0887. The minimum atomic E-state index is -3.53. The molecule has 1 aliphatic rings. The molecule has 1 saturated heterocycles. The fourth-order valence-corrected chi connectivity index (χ4v) is 4.68. The standard InChI is InChI=1S/C18H26N2O5S/c1-13(2)16(18(22)23)19-17(21)15-9-6-10-20(11-15)26(24,25)12-14-7-4-3-5-8-14/h3-5,7-8,13,15-16H,6,9-12H2,1-2H3,(H,19,21)(H,22,23). The van der Waals surface area contributed by atoms with Crippen molar-refractivity contribution in [2.45, 2.75) is 38.5 Å². The lowest BCUT2D eigenvalue weighted by Crippen LogP contribution is -2.51. The van der Waals surface area contributed by atoms with E-state index in [9.17, 15) is 23.1 Å². The molecule has 1 aromatic carbocycles. The second-order valence-corrected chi connectivity index (χ2v) is 8.98. The highest BCUT2D eigenvalue weighted by Crippen LogP contribution is 2.22. The van der Waals surface area contributed by atoms with Crippen molar-refractivity contribution in [3.8, 4) is 0 Å². The number of nitrogens with one attached hydrogen (secondary N) is 1. The zero-order chi connectivity index (χ0) is 19.3. The molecule has 2 atom stereocenters. The Bertz CT molecular complexity index is 733. The number of sulfonamides is 1. The zero-order valence-corrected chi connectivity index (χ0v) is 15.9. The van der Waals surface area contributed by atoms with Crippen molar-refractivity contribution < 1.29 is 23.1 Å². The lowest BCUT2D eigenvalue weighted by atomic mass is 9.97. The highest BCUT2D eigenvalue weighted by molar-refractivity contribution is 7.88. The molecule has 1 aromatic rings. The predicted molar refractivity (Wildman–Crippen MR) is 97.8 cm³/mol. The summed E-state index contributed by atoms with van der Waals surface area (Å²) in [7, 11) is -3.53. The molecule has 0 saturated carbocycles. The Hall–Kier alpha value is -1.93. The quantitative estimate of drug-likeness (QED) is 0.743. The summed E-state index contributed by atoms with van der Waals surface area (Å²) < 4.78 is 26.7. The van der Waals surface area contributed by atoms with Crippen LogP contribution in [0.4, 0.5) is 0 Å². The molecule has 1 fully saturated rings. The molecule has 144 valence electrons. The number of benzene rings is 1. The summed E-state index contributed by atoms with van der Waals surface area (Å²) in [6.45, 7) is 3.91. The van der Waals surface area contributed by atoms with Gasteiger partial charge in [0.2, 0.25) is 15.9 Å². The van der Waals surface area contributed by atoms with Crippen LogP contribution in [0.1, 0.15) is 32.3 Å². The number of carbonyl (C=O) groups excluding carboxylic acids is 1. The van der Waals surface area contributed by atoms with Crippen molar-refractivity contribution in [1.82, 2.24) is 9.62 Å². The third-order valence-corrected chi connectivity index (χ3v) is 6.39. The van der Waals surface area contributed by atoms with Crippen LogP contribution in [0, 0.1) is 11.8 Å². The van der Waals surface area contributed by atoms with Gasteiger partial charge in [0.15, 0.2) is 0 Å². The van der Waals surface area contributed by atoms with Gasteiger partial charge in [0.1, 0.15) is 6.04 Å². The van der Waals surface area contributed by atoms with Crippen molar-refractivity contribution in [3.63, 3.8) is 0 Å². The number of hydrogen-bond donors (Lipinski definition) is 2. The minimum Gasteiger partial charge on any atom is -0.480 e. The number of amides is 1. The third kappa shape index (κ3) is 5.28. The summed E-state index contributed by atoms with van der Waals surface area (Å²) in [6, 6.07) is 7.94. The summed E-state index contributed by atoms with van der Waals surface area (Å²) in [5, 5.41) is 11.8. The lowest BCUT2D eigenvalue weighted by Gasteiger charge is -2.32. The number of carbonyl (C=O) groups is 2. The molecule has 0 aliphatic carbocycles. The molecule has 2 rings (SSSR count). The summed E-state index contributed by atoms with van der Waals surface area (Å²) in [5.74, 6) is -2.37. The molecule has 7 nitrogen and oxygen atoms in total. The zero-order valence-electron chi connectivity index (χ0n) is 15.1. The van der Waals surface area contributed by atoms with Gasteiger partial charge in [-0.25, -0.2) is 17.5 Å². The van der Waals surface area contributed by atoms with Gasteiger partial charge >= 0.3 is 5.97 Å². The highest BCUT2D eigenvalue weighted by atomic mass is 32.2. The molecule has 2 unspecified atom stereocenters. The fraction of sp³-hybridized carbons (Fsp3) is 0.556. The maximum absolute atomic E-state index is 12.7. The van der Waals surface area contributed by atoms with Gasteiger partial charge < -0.3 is 10.4 Å². The topological polar surface area (TPSA) is 104 Å². The Balaban J connectivity index is 2.03. The fourth-order valence-electron chi connectivity index (χ4n) is 3.07.